The van der Waals surface area contributed by atoms with Crippen LogP contribution in [0.3, 0.4) is 0 Å². The molecule has 0 spiro atoms. The molecule has 152 valence electrons. The molecule has 1 amide bonds. The highest BCUT2D eigenvalue weighted by Gasteiger charge is 2.25. The summed E-state index contributed by atoms with van der Waals surface area (Å²) in [5, 5.41) is 2.80. The van der Waals surface area contributed by atoms with Crippen LogP contribution in [-0.4, -0.2) is 50.1 Å². The molecule has 0 aliphatic carbocycles. The van der Waals surface area contributed by atoms with Gasteiger partial charge in [-0.3, -0.25) is 10.2 Å². The summed E-state index contributed by atoms with van der Waals surface area (Å²) in [4.78, 5) is 14.5. The third kappa shape index (κ3) is 8.18. The van der Waals surface area contributed by atoms with Gasteiger partial charge in [-0.1, -0.05) is 32.3 Å². The first kappa shape index (κ1) is 21.5. The van der Waals surface area contributed by atoms with Crippen LogP contribution in [0.5, 0.6) is 5.75 Å². The number of carbonyl (C=O) groups is 1. The summed E-state index contributed by atoms with van der Waals surface area (Å²) in [6.07, 6.45) is 6.12. The average molecular weight is 379 g/mol. The van der Waals surface area contributed by atoms with Crippen molar-refractivity contribution in [3.63, 3.8) is 0 Å². The number of benzene rings is 1. The quantitative estimate of drug-likeness (QED) is 0.536. The van der Waals surface area contributed by atoms with Gasteiger partial charge >= 0.3 is 6.09 Å². The van der Waals surface area contributed by atoms with Crippen molar-refractivity contribution in [2.75, 3.05) is 38.2 Å². The van der Waals surface area contributed by atoms with E-state index in [-0.39, 0.29) is 6.23 Å². The van der Waals surface area contributed by atoms with Gasteiger partial charge in [0.05, 0.1) is 13.2 Å². The Morgan fingerprint density at radius 1 is 1.19 bits per heavy atom. The van der Waals surface area contributed by atoms with Crippen molar-refractivity contribution < 1.29 is 19.0 Å². The highest BCUT2D eigenvalue weighted by molar-refractivity contribution is 5.84. The van der Waals surface area contributed by atoms with Crippen LogP contribution in [0.1, 0.15) is 52.4 Å². The minimum absolute atomic E-state index is 0.342. The highest BCUT2D eigenvalue weighted by atomic mass is 16.6. The summed E-state index contributed by atoms with van der Waals surface area (Å²) < 4.78 is 16.9. The first-order valence-corrected chi connectivity index (χ1v) is 10.2. The van der Waals surface area contributed by atoms with Crippen LogP contribution in [0.25, 0.3) is 0 Å². The topological polar surface area (TPSA) is 60.0 Å². The normalized spacial score (nSPS) is 15.5. The van der Waals surface area contributed by atoms with Gasteiger partial charge in [0.1, 0.15) is 5.75 Å². The number of nitrogens with zero attached hydrogens (tertiary/aromatic N) is 1. The van der Waals surface area contributed by atoms with Gasteiger partial charge in [0.2, 0.25) is 0 Å². The molecule has 0 bridgehead atoms. The predicted octanol–water partition coefficient (Wildman–Crippen LogP) is 4.65. The van der Waals surface area contributed by atoms with Crippen molar-refractivity contribution in [3.8, 4) is 5.75 Å². The fourth-order valence-corrected chi connectivity index (χ4v) is 3.12. The third-order valence-corrected chi connectivity index (χ3v) is 4.60. The molecule has 1 saturated heterocycles. The second-order valence-electron chi connectivity index (χ2n) is 6.82. The molecule has 0 saturated carbocycles. The van der Waals surface area contributed by atoms with Crippen LogP contribution in [0, 0.1) is 0 Å². The summed E-state index contributed by atoms with van der Waals surface area (Å²) in [5.41, 5.74) is 0.669. The van der Waals surface area contributed by atoms with Gasteiger partial charge in [0.15, 0.2) is 6.23 Å². The fraction of sp³-hybridized carbons (Fsp3) is 0.667. The number of ether oxygens (including phenoxy) is 3. The number of unbranched alkanes of at least 4 members (excludes halogenated alkanes) is 3. The Kier molecular flexibility index (Phi) is 10.0. The smallest absolute Gasteiger partial charge is 0.413 e. The van der Waals surface area contributed by atoms with Crippen LogP contribution in [-0.2, 0) is 9.47 Å². The van der Waals surface area contributed by atoms with Crippen molar-refractivity contribution >= 4 is 11.8 Å². The van der Waals surface area contributed by atoms with Gasteiger partial charge in [0, 0.05) is 31.5 Å². The lowest BCUT2D eigenvalue weighted by molar-refractivity contribution is -0.0507. The van der Waals surface area contributed by atoms with E-state index in [0.29, 0.717) is 25.5 Å². The van der Waals surface area contributed by atoms with Crippen LogP contribution in [0.2, 0.25) is 0 Å². The lowest BCUT2D eigenvalue weighted by Crippen LogP contribution is -2.41. The second kappa shape index (κ2) is 12.6. The van der Waals surface area contributed by atoms with Gasteiger partial charge in [-0.2, -0.15) is 0 Å². The summed E-state index contributed by atoms with van der Waals surface area (Å²) in [6, 6.07) is 7.43. The second-order valence-corrected chi connectivity index (χ2v) is 6.82. The summed E-state index contributed by atoms with van der Waals surface area (Å²) in [7, 11) is 0. The molecule has 1 aromatic rings. The molecular formula is C21H34N2O4. The zero-order valence-corrected chi connectivity index (χ0v) is 16.7. The van der Waals surface area contributed by atoms with Gasteiger partial charge in [-0.05, 0) is 38.3 Å². The number of nitrogens with one attached hydrogen (secondary N) is 1. The first-order chi connectivity index (χ1) is 13.2. The van der Waals surface area contributed by atoms with Crippen molar-refractivity contribution in [1.29, 1.82) is 0 Å². The fourth-order valence-electron chi connectivity index (χ4n) is 3.12. The molecule has 1 aromatic carbocycles. The average Bonchev–Trinajstić information content (AvgIpc) is 3.20. The number of likely N-dealkylation sites (tertiary alicyclic amines) is 1. The summed E-state index contributed by atoms with van der Waals surface area (Å²) in [5.74, 6) is 0.759. The SMILES string of the molecule is CCCCCCOc1cccc(NC(=O)OC(COCC)N2CCCC2)c1. The van der Waals surface area contributed by atoms with Gasteiger partial charge in [0.25, 0.3) is 0 Å². The van der Waals surface area contributed by atoms with E-state index < -0.39 is 6.09 Å². The maximum Gasteiger partial charge on any atom is 0.413 e. The van der Waals surface area contributed by atoms with E-state index in [2.05, 4.69) is 17.1 Å². The van der Waals surface area contributed by atoms with E-state index in [1.807, 2.05) is 31.2 Å². The zero-order chi connectivity index (χ0) is 19.3. The van der Waals surface area contributed by atoms with Gasteiger partial charge in [-0.25, -0.2) is 4.79 Å². The van der Waals surface area contributed by atoms with E-state index in [4.69, 9.17) is 14.2 Å². The van der Waals surface area contributed by atoms with Crippen molar-refractivity contribution in [2.45, 2.75) is 58.6 Å². The molecule has 1 atom stereocenters. The Hall–Kier alpha value is -1.79. The Morgan fingerprint density at radius 3 is 2.74 bits per heavy atom. The molecular weight excluding hydrogens is 344 g/mol. The Balaban J connectivity index is 1.81. The number of carbonyl (C=O) groups excluding carboxylic acids is 1. The number of anilines is 1. The molecule has 1 unspecified atom stereocenters. The molecule has 1 aliphatic rings. The standard InChI is InChI=1S/C21H34N2O4/c1-3-5-6-9-15-26-19-12-10-11-18(16-19)22-21(24)27-20(17-25-4-2)23-13-7-8-14-23/h10-12,16,20H,3-9,13-15,17H2,1-2H3,(H,22,24). The van der Waals surface area contributed by atoms with Crippen molar-refractivity contribution in [1.82, 2.24) is 4.90 Å². The van der Waals surface area contributed by atoms with Gasteiger partial charge in [-0.15, -0.1) is 0 Å². The van der Waals surface area contributed by atoms with Gasteiger partial charge < -0.3 is 14.2 Å². The molecule has 1 N–H and O–H groups in total. The summed E-state index contributed by atoms with van der Waals surface area (Å²) in [6.45, 7) is 7.70. The molecule has 27 heavy (non-hydrogen) atoms. The molecule has 0 radical (unpaired) electrons. The van der Waals surface area contributed by atoms with E-state index >= 15 is 0 Å². The minimum atomic E-state index is -0.466. The molecule has 1 heterocycles. The highest BCUT2D eigenvalue weighted by Crippen LogP contribution is 2.19. The Labute approximate surface area is 163 Å². The predicted molar refractivity (Wildman–Crippen MR) is 107 cm³/mol. The third-order valence-electron chi connectivity index (χ3n) is 4.60. The van der Waals surface area contributed by atoms with E-state index in [0.717, 1.165) is 38.1 Å². The Bertz CT molecular complexity index is 547. The largest absolute Gasteiger partial charge is 0.494 e. The molecule has 6 nitrogen and oxygen atoms in total. The number of rotatable bonds is 12. The van der Waals surface area contributed by atoms with E-state index in [9.17, 15) is 4.79 Å². The molecule has 1 fully saturated rings. The van der Waals surface area contributed by atoms with Crippen molar-refractivity contribution in [3.05, 3.63) is 24.3 Å². The maximum atomic E-state index is 12.3. The van der Waals surface area contributed by atoms with E-state index in [1.54, 1.807) is 0 Å². The summed E-state index contributed by atoms with van der Waals surface area (Å²) >= 11 is 0. The van der Waals surface area contributed by atoms with Crippen LogP contribution in [0.15, 0.2) is 24.3 Å². The first-order valence-electron chi connectivity index (χ1n) is 10.2. The molecule has 1 aliphatic heterocycles. The van der Waals surface area contributed by atoms with E-state index in [1.165, 1.54) is 19.3 Å². The minimum Gasteiger partial charge on any atom is -0.494 e. The van der Waals surface area contributed by atoms with Crippen molar-refractivity contribution in [2.24, 2.45) is 0 Å². The maximum absolute atomic E-state index is 12.3. The monoisotopic (exact) mass is 378 g/mol. The van der Waals surface area contributed by atoms with Crippen LogP contribution >= 0.6 is 0 Å². The molecule has 0 aromatic heterocycles. The van der Waals surface area contributed by atoms with Crippen LogP contribution in [0.4, 0.5) is 10.5 Å². The number of hydrogen-bond acceptors (Lipinski definition) is 5. The lowest BCUT2D eigenvalue weighted by Gasteiger charge is -2.26. The number of hydrogen-bond donors (Lipinski definition) is 1. The molecule has 6 heteroatoms. The molecule has 2 rings (SSSR count). The Morgan fingerprint density at radius 2 is 2.00 bits per heavy atom. The lowest BCUT2D eigenvalue weighted by atomic mass is 10.2. The number of amides is 1. The van der Waals surface area contributed by atoms with Crippen LogP contribution < -0.4 is 10.1 Å². The zero-order valence-electron chi connectivity index (χ0n) is 16.7.